The lowest BCUT2D eigenvalue weighted by molar-refractivity contribution is -0.123. The number of rotatable bonds is 10. The van der Waals surface area contributed by atoms with Gasteiger partial charge in [0.25, 0.3) is 5.91 Å². The predicted molar refractivity (Wildman–Crippen MR) is 125 cm³/mol. The van der Waals surface area contributed by atoms with Crippen LogP contribution in [0.2, 0.25) is 0 Å². The molecular formula is C23H27N3O7S. The monoisotopic (exact) mass is 489 g/mol. The fraction of sp³-hybridized carbons (Fsp3) is 0.391. The molecule has 2 unspecified atom stereocenters. The maximum atomic E-state index is 12.7. The van der Waals surface area contributed by atoms with Crippen molar-refractivity contribution >= 4 is 40.8 Å². The number of anilines is 1. The third-order valence-electron chi connectivity index (χ3n) is 5.27. The van der Waals surface area contributed by atoms with E-state index in [0.717, 1.165) is 11.3 Å². The molecule has 1 aromatic carbocycles. The quantitative estimate of drug-likeness (QED) is 0.437. The zero-order valence-electron chi connectivity index (χ0n) is 19.1. The number of urea groups is 1. The van der Waals surface area contributed by atoms with Gasteiger partial charge >= 0.3 is 12.0 Å². The van der Waals surface area contributed by atoms with Gasteiger partial charge in [0.05, 0.1) is 25.5 Å². The van der Waals surface area contributed by atoms with Gasteiger partial charge in [-0.05, 0) is 30.2 Å². The van der Waals surface area contributed by atoms with Gasteiger partial charge in [-0.15, -0.1) is 11.3 Å². The minimum absolute atomic E-state index is 0.00694. The molecule has 0 bridgehead atoms. The number of carbonyl (C=O) groups is 4. The molecule has 0 aliphatic heterocycles. The SMILES string of the molecule is COc1cc(NC(=O)C2CC2C)c(C(=O)OCC(=O)NC(=O)NCCc2cccs2)cc1OC. The Balaban J connectivity index is 1.57. The molecule has 1 aliphatic carbocycles. The molecule has 0 saturated heterocycles. The standard InChI is InChI=1S/C23H27N3O7S/c1-13-9-15(13)21(28)25-17-11-19(32-3)18(31-2)10-16(17)22(29)33-12-20(27)26-23(30)24-7-6-14-5-4-8-34-14/h4-5,8,10-11,13,15H,6-7,9,12H2,1-3H3,(H,25,28)(H2,24,26,27,30). The van der Waals surface area contributed by atoms with E-state index in [9.17, 15) is 19.2 Å². The summed E-state index contributed by atoms with van der Waals surface area (Å²) in [5, 5.41) is 9.34. The van der Waals surface area contributed by atoms with Crippen LogP contribution in [0.5, 0.6) is 11.5 Å². The minimum Gasteiger partial charge on any atom is -0.493 e. The molecule has 1 aromatic heterocycles. The van der Waals surface area contributed by atoms with Crippen molar-refractivity contribution in [2.75, 3.05) is 32.7 Å². The maximum absolute atomic E-state index is 12.7. The molecule has 11 heteroatoms. The fourth-order valence-corrected chi connectivity index (χ4v) is 3.94. The molecular weight excluding hydrogens is 462 g/mol. The lowest BCUT2D eigenvalue weighted by Crippen LogP contribution is -2.42. The van der Waals surface area contributed by atoms with Crippen LogP contribution >= 0.6 is 11.3 Å². The predicted octanol–water partition coefficient (Wildman–Crippen LogP) is 2.59. The molecule has 182 valence electrons. The molecule has 3 rings (SSSR count). The first-order chi connectivity index (χ1) is 16.3. The average Bonchev–Trinajstić information content (AvgIpc) is 3.32. The van der Waals surface area contributed by atoms with Gasteiger partial charge in [0.15, 0.2) is 18.1 Å². The van der Waals surface area contributed by atoms with Gasteiger partial charge in [0, 0.05) is 29.5 Å². The van der Waals surface area contributed by atoms with E-state index in [1.54, 1.807) is 11.3 Å². The maximum Gasteiger partial charge on any atom is 0.340 e. The summed E-state index contributed by atoms with van der Waals surface area (Å²) in [5.74, 6) is -1.16. The topological polar surface area (TPSA) is 132 Å². The van der Waals surface area contributed by atoms with Crippen molar-refractivity contribution in [2.45, 2.75) is 19.8 Å². The smallest absolute Gasteiger partial charge is 0.340 e. The molecule has 0 spiro atoms. The summed E-state index contributed by atoms with van der Waals surface area (Å²) in [7, 11) is 2.84. The molecule has 34 heavy (non-hydrogen) atoms. The largest absolute Gasteiger partial charge is 0.493 e. The highest BCUT2D eigenvalue weighted by Gasteiger charge is 2.39. The Morgan fingerprint density at radius 2 is 1.82 bits per heavy atom. The van der Waals surface area contributed by atoms with Gasteiger partial charge in [0.1, 0.15) is 0 Å². The molecule has 10 nitrogen and oxygen atoms in total. The van der Waals surface area contributed by atoms with Crippen molar-refractivity contribution in [3.05, 3.63) is 40.1 Å². The van der Waals surface area contributed by atoms with Gasteiger partial charge in [-0.25, -0.2) is 9.59 Å². The number of imide groups is 1. The molecule has 1 heterocycles. The van der Waals surface area contributed by atoms with Crippen molar-refractivity contribution < 1.29 is 33.4 Å². The van der Waals surface area contributed by atoms with E-state index < -0.39 is 24.5 Å². The van der Waals surface area contributed by atoms with Crippen LogP contribution in [0.3, 0.4) is 0 Å². The summed E-state index contributed by atoms with van der Waals surface area (Å²) in [6, 6.07) is 6.00. The summed E-state index contributed by atoms with van der Waals surface area (Å²) in [6.07, 6.45) is 1.41. The first-order valence-electron chi connectivity index (χ1n) is 10.7. The molecule has 1 aliphatic rings. The van der Waals surface area contributed by atoms with Gasteiger partial charge in [-0.3, -0.25) is 14.9 Å². The Labute approximate surface area is 201 Å². The average molecular weight is 490 g/mol. The highest BCUT2D eigenvalue weighted by atomic mass is 32.1. The minimum atomic E-state index is -0.867. The Hall–Kier alpha value is -3.60. The molecule has 4 amide bonds. The number of methoxy groups -OCH3 is 2. The number of benzene rings is 1. The summed E-state index contributed by atoms with van der Waals surface area (Å²) in [4.78, 5) is 50.1. The van der Waals surface area contributed by atoms with Crippen LogP contribution in [0.1, 0.15) is 28.6 Å². The first kappa shape index (κ1) is 25.0. The summed E-state index contributed by atoms with van der Waals surface area (Å²) >= 11 is 1.57. The summed E-state index contributed by atoms with van der Waals surface area (Å²) in [5.41, 5.74) is 0.172. The number of amides is 4. The van der Waals surface area contributed by atoms with Crippen LogP contribution in [-0.2, 0) is 20.7 Å². The highest BCUT2D eigenvalue weighted by molar-refractivity contribution is 7.09. The van der Waals surface area contributed by atoms with Gasteiger partial charge < -0.3 is 24.8 Å². The van der Waals surface area contributed by atoms with Crippen LogP contribution in [0.15, 0.2) is 29.6 Å². The van der Waals surface area contributed by atoms with Crippen molar-refractivity contribution in [3.8, 4) is 11.5 Å². The lowest BCUT2D eigenvalue weighted by atomic mass is 10.1. The van der Waals surface area contributed by atoms with Gasteiger partial charge in [0.2, 0.25) is 5.91 Å². The molecule has 0 radical (unpaired) electrons. The van der Waals surface area contributed by atoms with Crippen LogP contribution in [0.25, 0.3) is 0 Å². The Morgan fingerprint density at radius 3 is 2.44 bits per heavy atom. The molecule has 1 saturated carbocycles. The summed E-state index contributed by atoms with van der Waals surface area (Å²) < 4.78 is 15.6. The third kappa shape index (κ3) is 6.70. The third-order valence-corrected chi connectivity index (χ3v) is 6.21. The van der Waals surface area contributed by atoms with Crippen LogP contribution < -0.4 is 25.4 Å². The van der Waals surface area contributed by atoms with Crippen LogP contribution in [0.4, 0.5) is 10.5 Å². The van der Waals surface area contributed by atoms with E-state index in [4.69, 9.17) is 14.2 Å². The second kappa shape index (κ2) is 11.5. The molecule has 1 fully saturated rings. The molecule has 3 N–H and O–H groups in total. The number of thiophene rings is 1. The first-order valence-corrected chi connectivity index (χ1v) is 11.5. The second-order valence-electron chi connectivity index (χ2n) is 7.77. The van der Waals surface area contributed by atoms with Gasteiger partial charge in [-0.2, -0.15) is 0 Å². The number of hydrogen-bond donors (Lipinski definition) is 3. The van der Waals surface area contributed by atoms with E-state index in [1.807, 2.05) is 24.4 Å². The second-order valence-corrected chi connectivity index (χ2v) is 8.80. The van der Waals surface area contributed by atoms with Crippen molar-refractivity contribution in [1.29, 1.82) is 0 Å². The van der Waals surface area contributed by atoms with Crippen LogP contribution in [-0.4, -0.2) is 51.2 Å². The van der Waals surface area contributed by atoms with Crippen molar-refractivity contribution in [1.82, 2.24) is 10.6 Å². The van der Waals surface area contributed by atoms with E-state index in [0.29, 0.717) is 18.7 Å². The summed E-state index contributed by atoms with van der Waals surface area (Å²) in [6.45, 7) is 1.64. The van der Waals surface area contributed by atoms with Crippen molar-refractivity contribution in [2.24, 2.45) is 11.8 Å². The number of carbonyl (C=O) groups excluding carboxylic acids is 4. The van der Waals surface area contributed by atoms with E-state index in [1.165, 1.54) is 26.4 Å². The Bertz CT molecular complexity index is 1060. The molecule has 2 aromatic rings. The van der Waals surface area contributed by atoms with E-state index in [2.05, 4.69) is 16.0 Å². The Kier molecular flexibility index (Phi) is 8.47. The normalized spacial score (nSPS) is 16.2. The van der Waals surface area contributed by atoms with E-state index in [-0.39, 0.29) is 34.7 Å². The lowest BCUT2D eigenvalue weighted by Gasteiger charge is -2.15. The van der Waals surface area contributed by atoms with E-state index >= 15 is 0 Å². The number of ether oxygens (including phenoxy) is 3. The number of hydrogen-bond acceptors (Lipinski definition) is 8. The zero-order valence-corrected chi connectivity index (χ0v) is 20.0. The number of nitrogens with one attached hydrogen (secondary N) is 3. The van der Waals surface area contributed by atoms with Gasteiger partial charge in [-0.1, -0.05) is 13.0 Å². The number of esters is 1. The highest BCUT2D eigenvalue weighted by Crippen LogP contribution is 2.40. The molecule has 2 atom stereocenters. The Morgan fingerprint density at radius 1 is 1.12 bits per heavy atom. The van der Waals surface area contributed by atoms with Crippen molar-refractivity contribution in [3.63, 3.8) is 0 Å². The van der Waals surface area contributed by atoms with Crippen LogP contribution in [0, 0.1) is 11.8 Å². The fourth-order valence-electron chi connectivity index (χ4n) is 3.23. The zero-order chi connectivity index (χ0) is 24.7.